The molecule has 1 aromatic carbocycles. The van der Waals surface area contributed by atoms with Gasteiger partial charge in [0.25, 0.3) is 0 Å². The van der Waals surface area contributed by atoms with Gasteiger partial charge in [-0.3, -0.25) is 0 Å². The predicted octanol–water partition coefficient (Wildman–Crippen LogP) is 3.83. The lowest BCUT2D eigenvalue weighted by Gasteiger charge is -2.25. The second kappa shape index (κ2) is 6.11. The molecular formula is C16H17ClN4OS. The van der Waals surface area contributed by atoms with E-state index < -0.39 is 0 Å². The summed E-state index contributed by atoms with van der Waals surface area (Å²) in [7, 11) is 0. The SMILES string of the molecule is OC1CCC(Nc2nn3c(-c4ccc(Cl)cc4)cnc3s2)CC1. The Morgan fingerprint density at radius 1 is 1.17 bits per heavy atom. The number of imidazole rings is 1. The van der Waals surface area contributed by atoms with Crippen LogP contribution in [0.25, 0.3) is 16.2 Å². The monoisotopic (exact) mass is 348 g/mol. The zero-order valence-corrected chi connectivity index (χ0v) is 14.0. The molecule has 1 saturated carbocycles. The van der Waals surface area contributed by atoms with Crippen LogP contribution in [0, 0.1) is 0 Å². The molecule has 4 rings (SSSR count). The van der Waals surface area contributed by atoms with E-state index in [1.165, 1.54) is 0 Å². The third-order valence-electron chi connectivity index (χ3n) is 4.25. The Morgan fingerprint density at radius 3 is 2.65 bits per heavy atom. The third-order valence-corrected chi connectivity index (χ3v) is 5.36. The van der Waals surface area contributed by atoms with Gasteiger partial charge in [-0.05, 0) is 37.8 Å². The summed E-state index contributed by atoms with van der Waals surface area (Å²) < 4.78 is 1.87. The first-order valence-electron chi connectivity index (χ1n) is 7.74. The molecule has 0 atom stereocenters. The van der Waals surface area contributed by atoms with Gasteiger partial charge in [0.1, 0.15) is 0 Å². The van der Waals surface area contributed by atoms with Crippen molar-refractivity contribution in [3.05, 3.63) is 35.5 Å². The fraction of sp³-hybridized carbons (Fsp3) is 0.375. The molecule has 3 aromatic rings. The number of halogens is 1. The first kappa shape index (κ1) is 14.9. The molecule has 0 saturated heterocycles. The number of aliphatic hydroxyl groups excluding tert-OH is 1. The van der Waals surface area contributed by atoms with Gasteiger partial charge in [0.05, 0.1) is 18.0 Å². The molecular weight excluding hydrogens is 332 g/mol. The van der Waals surface area contributed by atoms with Gasteiger partial charge in [-0.15, -0.1) is 5.10 Å². The van der Waals surface area contributed by atoms with Gasteiger partial charge < -0.3 is 10.4 Å². The quantitative estimate of drug-likeness (QED) is 0.755. The summed E-state index contributed by atoms with van der Waals surface area (Å²) in [6.07, 6.45) is 5.37. The maximum Gasteiger partial charge on any atom is 0.214 e. The van der Waals surface area contributed by atoms with Crippen molar-refractivity contribution in [1.29, 1.82) is 0 Å². The Bertz CT molecular complexity index is 805. The Kier molecular flexibility index (Phi) is 3.97. The van der Waals surface area contributed by atoms with Crippen LogP contribution in [0.1, 0.15) is 25.7 Å². The molecule has 1 fully saturated rings. The standard InChI is InChI=1S/C16H17ClN4OS/c17-11-3-1-10(2-4-11)14-9-18-16-21(14)20-15(23-16)19-12-5-7-13(22)8-6-12/h1-4,9,12-13,22H,5-8H2,(H,19,20). The van der Waals surface area contributed by atoms with Crippen molar-refractivity contribution in [2.24, 2.45) is 0 Å². The van der Waals surface area contributed by atoms with Crippen molar-refractivity contribution in [3.63, 3.8) is 0 Å². The number of benzene rings is 1. The molecule has 0 unspecified atom stereocenters. The molecule has 0 amide bonds. The predicted molar refractivity (Wildman–Crippen MR) is 93.2 cm³/mol. The molecule has 1 aliphatic carbocycles. The van der Waals surface area contributed by atoms with Gasteiger partial charge in [0.2, 0.25) is 10.1 Å². The summed E-state index contributed by atoms with van der Waals surface area (Å²) in [4.78, 5) is 5.32. The molecule has 7 heteroatoms. The van der Waals surface area contributed by atoms with Crippen molar-refractivity contribution in [2.45, 2.75) is 37.8 Å². The summed E-state index contributed by atoms with van der Waals surface area (Å²) in [5.74, 6) is 0. The van der Waals surface area contributed by atoms with E-state index >= 15 is 0 Å². The van der Waals surface area contributed by atoms with Crippen LogP contribution in [-0.2, 0) is 0 Å². The molecule has 2 heterocycles. The van der Waals surface area contributed by atoms with E-state index in [9.17, 15) is 5.11 Å². The topological polar surface area (TPSA) is 62.5 Å². The van der Waals surface area contributed by atoms with E-state index in [1.54, 1.807) is 11.3 Å². The van der Waals surface area contributed by atoms with Gasteiger partial charge >= 0.3 is 0 Å². The lowest BCUT2D eigenvalue weighted by molar-refractivity contribution is 0.126. The van der Waals surface area contributed by atoms with Crippen LogP contribution in [0.4, 0.5) is 5.13 Å². The number of anilines is 1. The van der Waals surface area contributed by atoms with E-state index in [-0.39, 0.29) is 6.10 Å². The summed E-state index contributed by atoms with van der Waals surface area (Å²) in [5, 5.41) is 19.3. The zero-order valence-electron chi connectivity index (χ0n) is 12.4. The Morgan fingerprint density at radius 2 is 1.91 bits per heavy atom. The average Bonchev–Trinajstić information content (AvgIpc) is 3.11. The largest absolute Gasteiger partial charge is 0.393 e. The number of hydrogen-bond donors (Lipinski definition) is 2. The highest BCUT2D eigenvalue weighted by Crippen LogP contribution is 2.29. The molecule has 1 aliphatic rings. The summed E-state index contributed by atoms with van der Waals surface area (Å²) >= 11 is 7.50. The number of fused-ring (bicyclic) bond motifs is 1. The molecule has 120 valence electrons. The van der Waals surface area contributed by atoms with E-state index in [1.807, 2.05) is 35.0 Å². The van der Waals surface area contributed by atoms with Crippen LogP contribution >= 0.6 is 22.9 Å². The van der Waals surface area contributed by atoms with E-state index in [4.69, 9.17) is 11.6 Å². The van der Waals surface area contributed by atoms with Crippen molar-refractivity contribution in [2.75, 3.05) is 5.32 Å². The molecule has 0 bridgehead atoms. The van der Waals surface area contributed by atoms with Crippen LogP contribution in [0.15, 0.2) is 30.5 Å². The first-order chi connectivity index (χ1) is 11.2. The molecule has 2 aromatic heterocycles. The molecule has 0 radical (unpaired) electrons. The van der Waals surface area contributed by atoms with E-state index in [2.05, 4.69) is 15.4 Å². The number of rotatable bonds is 3. The Balaban J connectivity index is 1.58. The minimum Gasteiger partial charge on any atom is -0.393 e. The second-order valence-electron chi connectivity index (χ2n) is 5.90. The highest BCUT2D eigenvalue weighted by molar-refractivity contribution is 7.20. The van der Waals surface area contributed by atoms with Crippen molar-refractivity contribution in [1.82, 2.24) is 14.6 Å². The van der Waals surface area contributed by atoms with Crippen molar-refractivity contribution in [3.8, 4) is 11.3 Å². The second-order valence-corrected chi connectivity index (χ2v) is 7.29. The number of nitrogens with zero attached hydrogens (tertiary/aromatic N) is 3. The molecule has 0 aliphatic heterocycles. The van der Waals surface area contributed by atoms with Crippen LogP contribution < -0.4 is 5.32 Å². The lowest BCUT2D eigenvalue weighted by Crippen LogP contribution is -2.28. The minimum atomic E-state index is -0.141. The smallest absolute Gasteiger partial charge is 0.214 e. The fourth-order valence-corrected chi connectivity index (χ4v) is 3.94. The van der Waals surface area contributed by atoms with Crippen LogP contribution in [-0.4, -0.2) is 31.9 Å². The normalized spacial score (nSPS) is 21.7. The number of hydrogen-bond acceptors (Lipinski definition) is 5. The van der Waals surface area contributed by atoms with Gasteiger partial charge in [0.15, 0.2) is 0 Å². The summed E-state index contributed by atoms with van der Waals surface area (Å²) in [6.45, 7) is 0. The van der Waals surface area contributed by atoms with Crippen molar-refractivity contribution < 1.29 is 5.11 Å². The average molecular weight is 349 g/mol. The summed E-state index contributed by atoms with van der Waals surface area (Å²) in [5.41, 5.74) is 2.00. The maximum atomic E-state index is 9.59. The van der Waals surface area contributed by atoms with Gasteiger partial charge in [-0.2, -0.15) is 0 Å². The fourth-order valence-electron chi connectivity index (χ4n) is 2.96. The van der Waals surface area contributed by atoms with Crippen molar-refractivity contribution >= 4 is 33.0 Å². The third kappa shape index (κ3) is 3.06. The highest BCUT2D eigenvalue weighted by atomic mass is 35.5. The Labute approximate surface area is 142 Å². The number of aliphatic hydroxyl groups is 1. The highest BCUT2D eigenvalue weighted by Gasteiger charge is 2.21. The molecule has 0 spiro atoms. The number of nitrogens with one attached hydrogen (secondary N) is 1. The Hall–Kier alpha value is -1.63. The lowest BCUT2D eigenvalue weighted by atomic mass is 9.93. The number of aromatic nitrogens is 3. The van der Waals surface area contributed by atoms with Gasteiger partial charge in [-0.25, -0.2) is 9.50 Å². The van der Waals surface area contributed by atoms with Gasteiger partial charge in [-0.1, -0.05) is 35.1 Å². The van der Waals surface area contributed by atoms with Crippen LogP contribution in [0.2, 0.25) is 5.02 Å². The van der Waals surface area contributed by atoms with Crippen LogP contribution in [0.5, 0.6) is 0 Å². The maximum absolute atomic E-state index is 9.59. The first-order valence-corrected chi connectivity index (χ1v) is 8.93. The van der Waals surface area contributed by atoms with E-state index in [0.29, 0.717) is 6.04 Å². The van der Waals surface area contributed by atoms with Gasteiger partial charge in [0, 0.05) is 16.6 Å². The molecule has 23 heavy (non-hydrogen) atoms. The van der Waals surface area contributed by atoms with Crippen LogP contribution in [0.3, 0.4) is 0 Å². The minimum absolute atomic E-state index is 0.141. The molecule has 2 N–H and O–H groups in total. The molecule has 5 nitrogen and oxygen atoms in total. The zero-order chi connectivity index (χ0) is 15.8. The van der Waals surface area contributed by atoms with E-state index in [0.717, 1.165) is 52.1 Å². The summed E-state index contributed by atoms with van der Waals surface area (Å²) in [6, 6.07) is 8.07.